The summed E-state index contributed by atoms with van der Waals surface area (Å²) in [5.41, 5.74) is 8.05. The highest BCUT2D eigenvalue weighted by Gasteiger charge is 2.06. The molecule has 4 nitrogen and oxygen atoms in total. The van der Waals surface area contributed by atoms with E-state index in [1.54, 1.807) is 24.3 Å². The number of nitrogen functional groups attached to an aromatic ring is 1. The Bertz CT molecular complexity index is 612. The maximum absolute atomic E-state index is 11.8. The van der Waals surface area contributed by atoms with Crippen LogP contribution in [-0.2, 0) is 4.79 Å². The number of hydrogen-bond donors (Lipinski definition) is 2. The number of nitrogens with one attached hydrogen (secondary N) is 1. The van der Waals surface area contributed by atoms with Crippen LogP contribution in [0.3, 0.4) is 0 Å². The maximum Gasteiger partial charge on any atom is 0.262 e. The fourth-order valence-corrected chi connectivity index (χ4v) is 2.24. The topological polar surface area (TPSA) is 64.3 Å². The summed E-state index contributed by atoms with van der Waals surface area (Å²) in [6.45, 7) is 1.94. The van der Waals surface area contributed by atoms with Crippen LogP contribution in [-0.4, -0.2) is 12.5 Å². The van der Waals surface area contributed by atoms with E-state index in [9.17, 15) is 4.79 Å². The Hall–Kier alpha value is -2.01. The fraction of sp³-hybridized carbons (Fsp3) is 0.133. The second kappa shape index (κ2) is 6.43. The first-order valence-electron chi connectivity index (χ1n) is 6.09. The average molecular weight is 335 g/mol. The van der Waals surface area contributed by atoms with Gasteiger partial charge in [0.05, 0.1) is 4.47 Å². The van der Waals surface area contributed by atoms with Crippen molar-refractivity contribution in [3.63, 3.8) is 0 Å². The number of ether oxygens (including phenoxy) is 1. The number of hydrogen-bond acceptors (Lipinski definition) is 3. The lowest BCUT2D eigenvalue weighted by Gasteiger charge is -2.09. The lowest BCUT2D eigenvalue weighted by molar-refractivity contribution is -0.118. The number of rotatable bonds is 4. The molecular weight excluding hydrogens is 320 g/mol. The summed E-state index contributed by atoms with van der Waals surface area (Å²) in [6.07, 6.45) is 0. The zero-order valence-electron chi connectivity index (χ0n) is 11.0. The third kappa shape index (κ3) is 3.99. The van der Waals surface area contributed by atoms with Gasteiger partial charge in [-0.05, 0) is 64.8 Å². The van der Waals surface area contributed by atoms with Gasteiger partial charge < -0.3 is 15.8 Å². The van der Waals surface area contributed by atoms with Crippen molar-refractivity contribution in [3.8, 4) is 5.75 Å². The molecule has 0 aliphatic carbocycles. The summed E-state index contributed by atoms with van der Waals surface area (Å²) in [7, 11) is 0. The van der Waals surface area contributed by atoms with Crippen LogP contribution in [0.5, 0.6) is 5.75 Å². The molecule has 0 aromatic heterocycles. The van der Waals surface area contributed by atoms with Gasteiger partial charge in [0, 0.05) is 11.4 Å². The van der Waals surface area contributed by atoms with Crippen LogP contribution in [0.4, 0.5) is 11.4 Å². The van der Waals surface area contributed by atoms with E-state index in [1.165, 1.54) is 0 Å². The molecule has 5 heteroatoms. The summed E-state index contributed by atoms with van der Waals surface area (Å²) < 4.78 is 6.30. The molecular formula is C15H15BrN2O2. The minimum atomic E-state index is -0.220. The van der Waals surface area contributed by atoms with Crippen molar-refractivity contribution in [2.75, 3.05) is 17.7 Å². The molecule has 2 aromatic rings. The van der Waals surface area contributed by atoms with E-state index in [-0.39, 0.29) is 12.5 Å². The smallest absolute Gasteiger partial charge is 0.262 e. The number of benzene rings is 2. The first kappa shape index (κ1) is 14.4. The first-order chi connectivity index (χ1) is 9.54. The molecule has 2 rings (SSSR count). The highest BCUT2D eigenvalue weighted by molar-refractivity contribution is 9.10. The first-order valence-corrected chi connectivity index (χ1v) is 6.88. The van der Waals surface area contributed by atoms with E-state index >= 15 is 0 Å². The predicted octanol–water partition coefficient (Wildman–Crippen LogP) is 3.36. The van der Waals surface area contributed by atoms with Crippen molar-refractivity contribution in [1.82, 2.24) is 0 Å². The Morgan fingerprint density at radius 1 is 1.25 bits per heavy atom. The van der Waals surface area contributed by atoms with Gasteiger partial charge in [-0.1, -0.05) is 6.07 Å². The Kier molecular flexibility index (Phi) is 4.63. The Balaban J connectivity index is 1.90. The zero-order chi connectivity index (χ0) is 14.5. The molecule has 0 aliphatic heterocycles. The third-order valence-electron chi connectivity index (χ3n) is 2.64. The number of nitrogens with two attached hydrogens (primary N) is 1. The van der Waals surface area contributed by atoms with E-state index in [2.05, 4.69) is 21.2 Å². The summed E-state index contributed by atoms with van der Waals surface area (Å²) in [5.74, 6) is 0.422. The Morgan fingerprint density at radius 3 is 2.60 bits per heavy atom. The molecule has 3 N–H and O–H groups in total. The third-order valence-corrected chi connectivity index (χ3v) is 3.26. The molecule has 0 heterocycles. The van der Waals surface area contributed by atoms with Crippen LogP contribution in [0.2, 0.25) is 0 Å². The molecule has 0 bridgehead atoms. The fourth-order valence-electron chi connectivity index (χ4n) is 1.63. The second-order valence-corrected chi connectivity index (χ2v) is 5.25. The van der Waals surface area contributed by atoms with Gasteiger partial charge in [-0.2, -0.15) is 0 Å². The molecule has 1 amide bonds. The van der Waals surface area contributed by atoms with Crippen LogP contribution in [0.1, 0.15) is 5.56 Å². The normalized spacial score (nSPS) is 10.1. The van der Waals surface area contributed by atoms with Gasteiger partial charge in [0.15, 0.2) is 6.61 Å². The summed E-state index contributed by atoms with van der Waals surface area (Å²) in [4.78, 5) is 11.8. The van der Waals surface area contributed by atoms with Gasteiger partial charge >= 0.3 is 0 Å². The number of carbonyl (C=O) groups excluding carboxylic acids is 1. The van der Waals surface area contributed by atoms with Crippen molar-refractivity contribution in [1.29, 1.82) is 0 Å². The Labute approximate surface area is 126 Å². The maximum atomic E-state index is 11.8. The molecule has 20 heavy (non-hydrogen) atoms. The van der Waals surface area contributed by atoms with E-state index in [0.29, 0.717) is 17.1 Å². The number of halogens is 1. The summed E-state index contributed by atoms with van der Waals surface area (Å²) >= 11 is 3.40. The van der Waals surface area contributed by atoms with Gasteiger partial charge in [-0.3, -0.25) is 4.79 Å². The van der Waals surface area contributed by atoms with E-state index in [4.69, 9.17) is 10.5 Å². The molecule has 0 atom stereocenters. The van der Waals surface area contributed by atoms with Crippen molar-refractivity contribution in [3.05, 3.63) is 52.5 Å². The molecule has 104 valence electrons. The van der Waals surface area contributed by atoms with Crippen molar-refractivity contribution < 1.29 is 9.53 Å². The lowest BCUT2D eigenvalue weighted by atomic mass is 10.2. The average Bonchev–Trinajstić information content (AvgIpc) is 2.40. The number of amides is 1. The van der Waals surface area contributed by atoms with Crippen LogP contribution in [0, 0.1) is 6.92 Å². The van der Waals surface area contributed by atoms with Gasteiger partial charge in [-0.15, -0.1) is 0 Å². The van der Waals surface area contributed by atoms with Gasteiger partial charge in [0.2, 0.25) is 0 Å². The van der Waals surface area contributed by atoms with Gasteiger partial charge in [-0.25, -0.2) is 0 Å². The van der Waals surface area contributed by atoms with Gasteiger partial charge in [0.25, 0.3) is 5.91 Å². The predicted molar refractivity (Wildman–Crippen MR) is 83.9 cm³/mol. The van der Waals surface area contributed by atoms with Crippen molar-refractivity contribution in [2.45, 2.75) is 6.92 Å². The van der Waals surface area contributed by atoms with E-state index in [1.807, 2.05) is 25.1 Å². The molecule has 0 radical (unpaired) electrons. The molecule has 0 fully saturated rings. The quantitative estimate of drug-likeness (QED) is 0.842. The molecule has 0 unspecified atom stereocenters. The van der Waals surface area contributed by atoms with Crippen LogP contribution >= 0.6 is 15.9 Å². The van der Waals surface area contributed by atoms with Crippen LogP contribution in [0.15, 0.2) is 46.9 Å². The van der Waals surface area contributed by atoms with Crippen LogP contribution < -0.4 is 15.8 Å². The minimum Gasteiger partial charge on any atom is -0.483 e. The highest BCUT2D eigenvalue weighted by Crippen LogP contribution is 2.25. The zero-order valence-corrected chi connectivity index (χ0v) is 12.6. The number of carbonyl (C=O) groups is 1. The van der Waals surface area contributed by atoms with Crippen LogP contribution in [0.25, 0.3) is 0 Å². The lowest BCUT2D eigenvalue weighted by Crippen LogP contribution is -2.20. The molecule has 0 aliphatic rings. The van der Waals surface area contributed by atoms with E-state index < -0.39 is 0 Å². The highest BCUT2D eigenvalue weighted by atomic mass is 79.9. The largest absolute Gasteiger partial charge is 0.483 e. The van der Waals surface area contributed by atoms with E-state index in [0.717, 1.165) is 10.0 Å². The number of anilines is 2. The Morgan fingerprint density at radius 2 is 1.95 bits per heavy atom. The second-order valence-electron chi connectivity index (χ2n) is 4.39. The van der Waals surface area contributed by atoms with Crippen molar-refractivity contribution >= 4 is 33.2 Å². The van der Waals surface area contributed by atoms with Crippen molar-refractivity contribution in [2.24, 2.45) is 0 Å². The summed E-state index contributed by atoms with van der Waals surface area (Å²) in [5, 5.41) is 2.74. The molecule has 0 saturated carbocycles. The molecule has 0 saturated heterocycles. The standard InChI is InChI=1S/C15H15BrN2O2/c1-10-2-7-14(13(16)8-10)20-9-15(19)18-12-5-3-11(17)4-6-12/h2-8H,9,17H2,1H3,(H,18,19). The number of aryl methyl sites for hydroxylation is 1. The monoisotopic (exact) mass is 334 g/mol. The van der Waals surface area contributed by atoms with Gasteiger partial charge in [0.1, 0.15) is 5.75 Å². The molecule has 0 spiro atoms. The minimum absolute atomic E-state index is 0.0496. The SMILES string of the molecule is Cc1ccc(OCC(=O)Nc2ccc(N)cc2)c(Br)c1. The summed E-state index contributed by atoms with van der Waals surface area (Å²) in [6, 6.07) is 12.6. The molecule has 2 aromatic carbocycles.